The monoisotopic (exact) mass is 203 g/mol. The van der Waals surface area contributed by atoms with E-state index in [9.17, 15) is 0 Å². The second kappa shape index (κ2) is 9.44. The zero-order chi connectivity index (χ0) is 10.8. The molecule has 0 aromatic carbocycles. The summed E-state index contributed by atoms with van der Waals surface area (Å²) in [5, 5.41) is 3.44. The van der Waals surface area contributed by atoms with Crippen LogP contribution in [-0.4, -0.2) is 39.5 Å². The molecule has 0 fully saturated rings. The molecule has 0 aliphatic carbocycles. The van der Waals surface area contributed by atoms with Crippen LogP contribution in [0.25, 0.3) is 0 Å². The van der Waals surface area contributed by atoms with E-state index in [1.165, 1.54) is 12.8 Å². The van der Waals surface area contributed by atoms with E-state index in [0.29, 0.717) is 6.04 Å². The smallest absolute Gasteiger partial charge is 0.0693 e. The Morgan fingerprint density at radius 2 is 1.79 bits per heavy atom. The van der Waals surface area contributed by atoms with Crippen LogP contribution in [0.2, 0.25) is 0 Å². The standard InChI is InChI=1S/C11H25NO2/c1-10(11(2)14-4)12-8-6-5-7-9-13-3/h10-12H,5-9H2,1-4H3. The largest absolute Gasteiger partial charge is 0.385 e. The van der Waals surface area contributed by atoms with Crippen LogP contribution in [0.5, 0.6) is 0 Å². The molecule has 0 amide bonds. The van der Waals surface area contributed by atoms with Crippen molar-refractivity contribution < 1.29 is 9.47 Å². The van der Waals surface area contributed by atoms with Crippen molar-refractivity contribution in [2.24, 2.45) is 0 Å². The molecule has 14 heavy (non-hydrogen) atoms. The number of hydrogen-bond donors (Lipinski definition) is 1. The summed E-state index contributed by atoms with van der Waals surface area (Å²) in [6.07, 6.45) is 3.89. The third-order valence-electron chi connectivity index (χ3n) is 2.57. The fraction of sp³-hybridized carbons (Fsp3) is 1.00. The lowest BCUT2D eigenvalue weighted by Crippen LogP contribution is -2.37. The fourth-order valence-corrected chi connectivity index (χ4v) is 1.25. The SMILES string of the molecule is COCCCCCNC(C)C(C)OC. The van der Waals surface area contributed by atoms with Gasteiger partial charge < -0.3 is 14.8 Å². The highest BCUT2D eigenvalue weighted by molar-refractivity contribution is 4.67. The Morgan fingerprint density at radius 3 is 2.36 bits per heavy atom. The van der Waals surface area contributed by atoms with Crippen LogP contribution in [-0.2, 0) is 9.47 Å². The number of unbranched alkanes of at least 4 members (excludes halogenated alkanes) is 2. The van der Waals surface area contributed by atoms with Crippen molar-refractivity contribution >= 4 is 0 Å². The van der Waals surface area contributed by atoms with Crippen LogP contribution in [0.4, 0.5) is 0 Å². The maximum atomic E-state index is 5.23. The summed E-state index contributed by atoms with van der Waals surface area (Å²) >= 11 is 0. The molecule has 0 spiro atoms. The van der Waals surface area contributed by atoms with E-state index in [0.717, 1.165) is 19.6 Å². The van der Waals surface area contributed by atoms with Gasteiger partial charge in [-0.2, -0.15) is 0 Å². The molecule has 0 saturated heterocycles. The Labute approximate surface area is 88.2 Å². The molecule has 1 N–H and O–H groups in total. The van der Waals surface area contributed by atoms with Gasteiger partial charge in [-0.05, 0) is 39.7 Å². The molecule has 3 nitrogen and oxygen atoms in total. The zero-order valence-electron chi connectivity index (χ0n) is 10.0. The summed E-state index contributed by atoms with van der Waals surface area (Å²) in [6, 6.07) is 0.433. The molecule has 0 aromatic rings. The summed E-state index contributed by atoms with van der Waals surface area (Å²) in [6.45, 7) is 6.19. The molecular weight excluding hydrogens is 178 g/mol. The van der Waals surface area contributed by atoms with E-state index < -0.39 is 0 Å². The quantitative estimate of drug-likeness (QED) is 0.580. The van der Waals surface area contributed by atoms with E-state index in [-0.39, 0.29) is 6.10 Å². The number of hydrogen-bond acceptors (Lipinski definition) is 3. The Bertz CT molecular complexity index is 120. The van der Waals surface area contributed by atoms with Crippen molar-refractivity contribution in [3.05, 3.63) is 0 Å². The molecule has 0 aliphatic rings. The van der Waals surface area contributed by atoms with Crippen molar-refractivity contribution in [3.8, 4) is 0 Å². The lowest BCUT2D eigenvalue weighted by atomic mass is 10.2. The second-order valence-corrected chi connectivity index (χ2v) is 3.74. The summed E-state index contributed by atoms with van der Waals surface area (Å²) in [7, 11) is 3.50. The zero-order valence-corrected chi connectivity index (χ0v) is 10.0. The molecule has 0 aromatic heterocycles. The van der Waals surface area contributed by atoms with E-state index in [2.05, 4.69) is 19.2 Å². The molecule has 0 heterocycles. The van der Waals surface area contributed by atoms with Crippen LogP contribution in [0.15, 0.2) is 0 Å². The third kappa shape index (κ3) is 7.30. The van der Waals surface area contributed by atoms with Crippen molar-refractivity contribution in [2.45, 2.75) is 45.3 Å². The predicted molar refractivity (Wildman–Crippen MR) is 59.7 cm³/mol. The van der Waals surface area contributed by atoms with Gasteiger partial charge in [-0.1, -0.05) is 0 Å². The highest BCUT2D eigenvalue weighted by Gasteiger charge is 2.08. The minimum absolute atomic E-state index is 0.286. The highest BCUT2D eigenvalue weighted by atomic mass is 16.5. The van der Waals surface area contributed by atoms with Gasteiger partial charge in [-0.15, -0.1) is 0 Å². The van der Waals surface area contributed by atoms with Gasteiger partial charge in [0.1, 0.15) is 0 Å². The Hall–Kier alpha value is -0.120. The first-order valence-electron chi connectivity index (χ1n) is 5.47. The van der Waals surface area contributed by atoms with E-state index >= 15 is 0 Å². The molecule has 2 atom stereocenters. The summed E-state index contributed by atoms with van der Waals surface area (Å²) in [5.41, 5.74) is 0. The molecule has 0 radical (unpaired) electrons. The predicted octanol–water partition coefficient (Wildman–Crippen LogP) is 1.82. The van der Waals surface area contributed by atoms with E-state index in [1.807, 2.05) is 0 Å². The van der Waals surface area contributed by atoms with Gasteiger partial charge in [0.25, 0.3) is 0 Å². The molecule has 0 saturated carbocycles. The number of rotatable bonds is 9. The third-order valence-corrected chi connectivity index (χ3v) is 2.57. The summed E-state index contributed by atoms with van der Waals surface area (Å²) < 4.78 is 10.2. The molecule has 3 heteroatoms. The number of ether oxygens (including phenoxy) is 2. The van der Waals surface area contributed by atoms with Crippen LogP contribution >= 0.6 is 0 Å². The fourth-order valence-electron chi connectivity index (χ4n) is 1.25. The highest BCUT2D eigenvalue weighted by Crippen LogP contribution is 1.98. The topological polar surface area (TPSA) is 30.5 Å². The molecule has 2 unspecified atom stereocenters. The van der Waals surface area contributed by atoms with E-state index in [1.54, 1.807) is 14.2 Å². The van der Waals surface area contributed by atoms with Gasteiger partial charge in [0.2, 0.25) is 0 Å². The van der Waals surface area contributed by atoms with E-state index in [4.69, 9.17) is 9.47 Å². The van der Waals surface area contributed by atoms with Gasteiger partial charge in [-0.3, -0.25) is 0 Å². The van der Waals surface area contributed by atoms with Crippen molar-refractivity contribution in [3.63, 3.8) is 0 Å². The maximum absolute atomic E-state index is 5.23. The first kappa shape index (κ1) is 13.9. The van der Waals surface area contributed by atoms with Crippen molar-refractivity contribution in [1.29, 1.82) is 0 Å². The average Bonchev–Trinajstić information content (AvgIpc) is 2.21. The Morgan fingerprint density at radius 1 is 1.07 bits per heavy atom. The second-order valence-electron chi connectivity index (χ2n) is 3.74. The number of methoxy groups -OCH3 is 2. The van der Waals surface area contributed by atoms with Crippen molar-refractivity contribution in [2.75, 3.05) is 27.4 Å². The van der Waals surface area contributed by atoms with Gasteiger partial charge in [-0.25, -0.2) is 0 Å². The van der Waals surface area contributed by atoms with Crippen molar-refractivity contribution in [1.82, 2.24) is 5.32 Å². The van der Waals surface area contributed by atoms with Crippen LogP contribution in [0.1, 0.15) is 33.1 Å². The normalized spacial score (nSPS) is 15.4. The summed E-state index contributed by atoms with van der Waals surface area (Å²) in [4.78, 5) is 0. The lowest BCUT2D eigenvalue weighted by molar-refractivity contribution is 0.0886. The van der Waals surface area contributed by atoms with Crippen LogP contribution < -0.4 is 5.32 Å². The minimum Gasteiger partial charge on any atom is -0.385 e. The summed E-state index contributed by atoms with van der Waals surface area (Å²) in [5.74, 6) is 0. The average molecular weight is 203 g/mol. The van der Waals surface area contributed by atoms with Crippen LogP contribution in [0, 0.1) is 0 Å². The maximum Gasteiger partial charge on any atom is 0.0693 e. The lowest BCUT2D eigenvalue weighted by Gasteiger charge is -2.19. The molecular formula is C11H25NO2. The molecule has 0 aliphatic heterocycles. The molecule has 0 rings (SSSR count). The Balaban J connectivity index is 3.18. The first-order chi connectivity index (χ1) is 6.72. The van der Waals surface area contributed by atoms with Gasteiger partial charge in [0, 0.05) is 26.9 Å². The minimum atomic E-state index is 0.286. The number of nitrogens with one attached hydrogen (secondary N) is 1. The van der Waals surface area contributed by atoms with Gasteiger partial charge >= 0.3 is 0 Å². The first-order valence-corrected chi connectivity index (χ1v) is 5.47. The molecule has 0 bridgehead atoms. The van der Waals surface area contributed by atoms with Gasteiger partial charge in [0.15, 0.2) is 0 Å². The molecule has 86 valence electrons. The Kier molecular flexibility index (Phi) is 9.35. The van der Waals surface area contributed by atoms with Crippen LogP contribution in [0.3, 0.4) is 0 Å². The van der Waals surface area contributed by atoms with Gasteiger partial charge in [0.05, 0.1) is 6.10 Å².